The van der Waals surface area contributed by atoms with Gasteiger partial charge in [0.05, 0.1) is 4.90 Å². The Balaban J connectivity index is 1.34. The zero-order chi connectivity index (χ0) is 25.0. The molecule has 9 nitrogen and oxygen atoms in total. The molecule has 1 aromatic heterocycles. The van der Waals surface area contributed by atoms with Crippen molar-refractivity contribution in [1.29, 1.82) is 0 Å². The molecule has 188 valence electrons. The molecule has 3 unspecified atom stereocenters. The van der Waals surface area contributed by atoms with Gasteiger partial charge in [-0.25, -0.2) is 8.42 Å². The summed E-state index contributed by atoms with van der Waals surface area (Å²) in [4.78, 5) is 34.2. The van der Waals surface area contributed by atoms with Gasteiger partial charge in [0.2, 0.25) is 11.8 Å². The summed E-state index contributed by atoms with van der Waals surface area (Å²) in [7, 11) is -1.20. The van der Waals surface area contributed by atoms with E-state index in [1.165, 1.54) is 6.26 Å². The average Bonchev–Trinajstić information content (AvgIpc) is 3.21. The molecular formula is C25H33N5O4S. The van der Waals surface area contributed by atoms with Crippen LogP contribution in [0.1, 0.15) is 30.4 Å². The number of carbonyl (C=O) groups excluding carboxylic acids is 2. The molecule has 2 aliphatic rings. The summed E-state index contributed by atoms with van der Waals surface area (Å²) in [6, 6.07) is 10.5. The smallest absolute Gasteiger partial charge is 0.239 e. The van der Waals surface area contributed by atoms with Crippen LogP contribution in [-0.4, -0.2) is 79.5 Å². The Morgan fingerprint density at radius 3 is 2.66 bits per heavy atom. The van der Waals surface area contributed by atoms with E-state index in [1.54, 1.807) is 24.5 Å². The molecule has 3 heterocycles. The number of hydrogen-bond acceptors (Lipinski definition) is 7. The Morgan fingerprint density at radius 2 is 1.97 bits per heavy atom. The van der Waals surface area contributed by atoms with E-state index >= 15 is 0 Å². The van der Waals surface area contributed by atoms with Gasteiger partial charge in [0.25, 0.3) is 0 Å². The number of amides is 2. The van der Waals surface area contributed by atoms with Crippen LogP contribution in [0, 0.1) is 0 Å². The Morgan fingerprint density at radius 1 is 1.20 bits per heavy atom. The molecule has 2 saturated heterocycles. The van der Waals surface area contributed by atoms with Gasteiger partial charge in [0, 0.05) is 63.3 Å². The van der Waals surface area contributed by atoms with E-state index in [1.807, 2.05) is 31.3 Å². The number of carbonyl (C=O) groups is 2. The second kappa shape index (κ2) is 10.8. The Kier molecular flexibility index (Phi) is 7.83. The molecule has 2 aliphatic heterocycles. The normalized spacial score (nSPS) is 23.4. The molecule has 2 aromatic rings. The predicted octanol–water partition coefficient (Wildman–Crippen LogP) is 0.955. The molecule has 2 N–H and O–H groups in total. The molecule has 1 aromatic carbocycles. The van der Waals surface area contributed by atoms with E-state index in [9.17, 15) is 18.0 Å². The highest BCUT2D eigenvalue weighted by molar-refractivity contribution is 7.90. The van der Waals surface area contributed by atoms with Crippen LogP contribution in [0.2, 0.25) is 0 Å². The van der Waals surface area contributed by atoms with E-state index in [-0.39, 0.29) is 29.9 Å². The largest absolute Gasteiger partial charge is 0.353 e. The minimum absolute atomic E-state index is 0.00985. The monoisotopic (exact) mass is 499 g/mol. The Bertz CT molecular complexity index is 1140. The first-order valence-corrected chi connectivity index (χ1v) is 13.8. The third-order valence-corrected chi connectivity index (χ3v) is 8.13. The molecule has 35 heavy (non-hydrogen) atoms. The summed E-state index contributed by atoms with van der Waals surface area (Å²) in [6.07, 6.45) is 6.54. The lowest BCUT2D eigenvalue weighted by Crippen LogP contribution is -2.49. The Hall–Kier alpha value is -2.82. The average molecular weight is 500 g/mol. The molecule has 0 saturated carbocycles. The van der Waals surface area contributed by atoms with Crippen LogP contribution in [0.25, 0.3) is 0 Å². The number of aromatic nitrogens is 1. The highest BCUT2D eigenvalue weighted by Crippen LogP contribution is 2.28. The number of sulfone groups is 1. The number of rotatable bonds is 8. The number of nitrogens with zero attached hydrogens (tertiary/aromatic N) is 3. The molecule has 10 heteroatoms. The van der Waals surface area contributed by atoms with E-state index in [2.05, 4.69) is 25.4 Å². The minimum atomic E-state index is -3.24. The topological polar surface area (TPSA) is 112 Å². The van der Waals surface area contributed by atoms with Crippen molar-refractivity contribution in [2.45, 2.75) is 55.4 Å². The zero-order valence-electron chi connectivity index (χ0n) is 20.2. The Labute approximate surface area is 206 Å². The summed E-state index contributed by atoms with van der Waals surface area (Å²) in [6.45, 7) is 2.32. The van der Waals surface area contributed by atoms with Crippen LogP contribution >= 0.6 is 0 Å². The van der Waals surface area contributed by atoms with Gasteiger partial charge in [-0.2, -0.15) is 0 Å². The quantitative estimate of drug-likeness (QED) is 0.556. The molecule has 0 aliphatic carbocycles. The second-order valence-electron chi connectivity index (χ2n) is 9.43. The van der Waals surface area contributed by atoms with Crippen LogP contribution in [-0.2, 0) is 32.5 Å². The fourth-order valence-electron chi connectivity index (χ4n) is 4.99. The fourth-order valence-corrected chi connectivity index (χ4v) is 5.62. The van der Waals surface area contributed by atoms with Crippen LogP contribution in [0.15, 0.2) is 53.7 Å². The summed E-state index contributed by atoms with van der Waals surface area (Å²) in [5, 5.41) is 6.02. The van der Waals surface area contributed by atoms with E-state index in [0.29, 0.717) is 37.4 Å². The number of likely N-dealkylation sites (tertiary alicyclic amines) is 1. The van der Waals surface area contributed by atoms with Crippen molar-refractivity contribution < 1.29 is 18.0 Å². The lowest BCUT2D eigenvalue weighted by molar-refractivity contribution is -0.126. The van der Waals surface area contributed by atoms with Gasteiger partial charge in [-0.1, -0.05) is 18.2 Å². The molecule has 0 spiro atoms. The second-order valence-corrected chi connectivity index (χ2v) is 11.4. The standard InChI is InChI=1S/C25H33N5O4S/c1-29-20(7-10-23(31)27-15-19-4-3-12-26-14-19)16-28-25(32)24-22(29)11-13-30(24)17-18-5-8-21(9-6-18)35(2,33)34/h3-6,8-9,12,14,20,22,24H,7,10-11,13,15-17H2,1-2H3,(H,27,31)(H,28,32). The van der Waals surface area contributed by atoms with Gasteiger partial charge >= 0.3 is 0 Å². The van der Waals surface area contributed by atoms with Crippen molar-refractivity contribution in [3.63, 3.8) is 0 Å². The molecule has 4 rings (SSSR count). The maximum Gasteiger partial charge on any atom is 0.239 e. The SMILES string of the molecule is CN1C(CCC(=O)NCc2cccnc2)CNC(=O)C2C1CCN2Cc1ccc(S(C)(=O)=O)cc1. The highest BCUT2D eigenvalue weighted by Gasteiger charge is 2.44. The van der Waals surface area contributed by atoms with Crippen LogP contribution in [0.5, 0.6) is 0 Å². The summed E-state index contributed by atoms with van der Waals surface area (Å²) in [5.41, 5.74) is 1.93. The molecule has 2 fully saturated rings. The van der Waals surface area contributed by atoms with Crippen LogP contribution < -0.4 is 10.6 Å². The number of fused-ring (bicyclic) bond motifs is 1. The molecule has 0 bridgehead atoms. The first kappa shape index (κ1) is 25.3. The van der Waals surface area contributed by atoms with Crippen molar-refractivity contribution in [3.8, 4) is 0 Å². The van der Waals surface area contributed by atoms with Crippen LogP contribution in [0.3, 0.4) is 0 Å². The number of likely N-dealkylation sites (N-methyl/N-ethyl adjacent to an activating group) is 1. The molecule has 3 atom stereocenters. The lowest BCUT2D eigenvalue weighted by Gasteiger charge is -2.33. The van der Waals surface area contributed by atoms with Crippen molar-refractivity contribution in [2.24, 2.45) is 0 Å². The van der Waals surface area contributed by atoms with Gasteiger partial charge in [-0.15, -0.1) is 0 Å². The fraction of sp³-hybridized carbons (Fsp3) is 0.480. The number of benzene rings is 1. The first-order chi connectivity index (χ1) is 16.7. The maximum atomic E-state index is 13.0. The predicted molar refractivity (Wildman–Crippen MR) is 132 cm³/mol. The van der Waals surface area contributed by atoms with Crippen molar-refractivity contribution in [2.75, 3.05) is 26.4 Å². The van der Waals surface area contributed by atoms with Gasteiger partial charge in [0.1, 0.15) is 6.04 Å². The van der Waals surface area contributed by atoms with Crippen molar-refractivity contribution >= 4 is 21.7 Å². The zero-order valence-corrected chi connectivity index (χ0v) is 21.0. The van der Waals surface area contributed by atoms with Gasteiger partial charge < -0.3 is 10.6 Å². The highest BCUT2D eigenvalue weighted by atomic mass is 32.2. The van der Waals surface area contributed by atoms with Gasteiger partial charge in [-0.05, 0) is 49.2 Å². The van der Waals surface area contributed by atoms with E-state index < -0.39 is 9.84 Å². The third-order valence-electron chi connectivity index (χ3n) is 7.00. The number of pyridine rings is 1. The van der Waals surface area contributed by atoms with Gasteiger partial charge in [0.15, 0.2) is 9.84 Å². The van der Waals surface area contributed by atoms with E-state index in [4.69, 9.17) is 0 Å². The van der Waals surface area contributed by atoms with Gasteiger partial charge in [-0.3, -0.25) is 24.4 Å². The molecule has 2 amide bonds. The first-order valence-electron chi connectivity index (χ1n) is 11.9. The van der Waals surface area contributed by atoms with Crippen molar-refractivity contribution in [1.82, 2.24) is 25.4 Å². The summed E-state index contributed by atoms with van der Waals surface area (Å²) in [5.74, 6) is -0.00407. The maximum absolute atomic E-state index is 13.0. The third kappa shape index (κ3) is 6.25. The number of hydrogen-bond donors (Lipinski definition) is 2. The molecular weight excluding hydrogens is 466 g/mol. The lowest BCUT2D eigenvalue weighted by atomic mass is 10.0. The van der Waals surface area contributed by atoms with Crippen molar-refractivity contribution in [3.05, 3.63) is 59.9 Å². The minimum Gasteiger partial charge on any atom is -0.353 e. The van der Waals surface area contributed by atoms with Crippen LogP contribution in [0.4, 0.5) is 0 Å². The summed E-state index contributed by atoms with van der Waals surface area (Å²) >= 11 is 0. The van der Waals surface area contributed by atoms with E-state index in [0.717, 1.165) is 24.1 Å². The summed E-state index contributed by atoms with van der Waals surface area (Å²) < 4.78 is 23.5. The molecule has 0 radical (unpaired) electrons. The number of nitrogens with one attached hydrogen (secondary N) is 2.